The van der Waals surface area contributed by atoms with E-state index in [0.29, 0.717) is 6.54 Å². The summed E-state index contributed by atoms with van der Waals surface area (Å²) in [7, 11) is 3.00. The van der Waals surface area contributed by atoms with E-state index in [1.54, 1.807) is 31.6 Å². The van der Waals surface area contributed by atoms with Crippen LogP contribution < -0.4 is 15.4 Å². The Kier molecular flexibility index (Phi) is 4.76. The van der Waals surface area contributed by atoms with Crippen LogP contribution in [0.1, 0.15) is 5.56 Å². The van der Waals surface area contributed by atoms with E-state index < -0.39 is 5.82 Å². The van der Waals surface area contributed by atoms with Crippen molar-refractivity contribution < 1.29 is 13.9 Å². The molecule has 0 bridgehead atoms. The van der Waals surface area contributed by atoms with E-state index in [1.165, 1.54) is 17.9 Å². The molecule has 0 aliphatic rings. The van der Waals surface area contributed by atoms with Crippen molar-refractivity contribution in [2.45, 2.75) is 13.1 Å². The molecule has 0 saturated heterocycles. The summed E-state index contributed by atoms with van der Waals surface area (Å²) in [5.41, 5.74) is 1.54. The van der Waals surface area contributed by atoms with Crippen molar-refractivity contribution in [2.75, 3.05) is 19.5 Å². The molecule has 112 valence electrons. The highest BCUT2D eigenvalue weighted by Crippen LogP contribution is 2.18. The van der Waals surface area contributed by atoms with Crippen molar-refractivity contribution in [1.29, 1.82) is 0 Å². The lowest BCUT2D eigenvalue weighted by atomic mass is 10.2. The number of nitrogens with one attached hydrogen (secondary N) is 2. The van der Waals surface area contributed by atoms with E-state index in [9.17, 15) is 9.18 Å². The summed E-state index contributed by atoms with van der Waals surface area (Å²) < 4.78 is 19.9. The SMILES string of the molecule is CNC(=O)Cn1cc(NCc2ccc(OC)c(F)c2)cn1. The normalized spacial score (nSPS) is 10.2. The van der Waals surface area contributed by atoms with Gasteiger partial charge in [-0.3, -0.25) is 9.48 Å². The molecular formula is C14H17FN4O2. The molecule has 6 nitrogen and oxygen atoms in total. The summed E-state index contributed by atoms with van der Waals surface area (Å²) >= 11 is 0. The Morgan fingerprint density at radius 1 is 1.48 bits per heavy atom. The summed E-state index contributed by atoms with van der Waals surface area (Å²) in [6.45, 7) is 0.613. The van der Waals surface area contributed by atoms with Crippen LogP contribution in [0.2, 0.25) is 0 Å². The third kappa shape index (κ3) is 3.95. The Morgan fingerprint density at radius 2 is 2.29 bits per heavy atom. The number of hydrogen-bond acceptors (Lipinski definition) is 4. The topological polar surface area (TPSA) is 68.2 Å². The summed E-state index contributed by atoms with van der Waals surface area (Å²) in [5.74, 6) is -0.300. The molecule has 1 aromatic carbocycles. The fourth-order valence-corrected chi connectivity index (χ4v) is 1.79. The number of carbonyl (C=O) groups is 1. The van der Waals surface area contributed by atoms with Crippen LogP contribution in [0.3, 0.4) is 0 Å². The van der Waals surface area contributed by atoms with Gasteiger partial charge in [-0.1, -0.05) is 6.07 Å². The smallest absolute Gasteiger partial charge is 0.241 e. The lowest BCUT2D eigenvalue weighted by molar-refractivity contribution is -0.121. The number of ether oxygens (including phenoxy) is 1. The molecule has 0 atom stereocenters. The molecule has 0 fully saturated rings. The standard InChI is InChI=1S/C14H17FN4O2/c1-16-14(20)9-19-8-11(7-18-19)17-6-10-3-4-13(21-2)12(15)5-10/h3-5,7-8,17H,6,9H2,1-2H3,(H,16,20). The molecule has 0 radical (unpaired) electrons. The minimum atomic E-state index is -0.396. The van der Waals surface area contributed by atoms with Crippen LogP contribution in [0, 0.1) is 5.82 Å². The van der Waals surface area contributed by atoms with Gasteiger partial charge in [0.15, 0.2) is 11.6 Å². The van der Waals surface area contributed by atoms with Crippen molar-refractivity contribution in [3.05, 3.63) is 42.0 Å². The molecule has 1 aromatic heterocycles. The highest BCUT2D eigenvalue weighted by atomic mass is 19.1. The van der Waals surface area contributed by atoms with Gasteiger partial charge in [0.2, 0.25) is 5.91 Å². The molecule has 0 aliphatic heterocycles. The van der Waals surface area contributed by atoms with Crippen LogP contribution in [0.5, 0.6) is 5.75 Å². The minimum Gasteiger partial charge on any atom is -0.494 e. The molecule has 1 heterocycles. The molecule has 0 saturated carbocycles. The second-order valence-corrected chi connectivity index (χ2v) is 4.42. The Bertz CT molecular complexity index is 627. The Balaban J connectivity index is 1.94. The van der Waals surface area contributed by atoms with E-state index in [4.69, 9.17) is 4.74 Å². The predicted molar refractivity (Wildman–Crippen MR) is 76.6 cm³/mol. The maximum Gasteiger partial charge on any atom is 0.241 e. The van der Waals surface area contributed by atoms with Gasteiger partial charge in [0.05, 0.1) is 19.0 Å². The van der Waals surface area contributed by atoms with Crippen molar-refractivity contribution in [3.8, 4) is 5.75 Å². The van der Waals surface area contributed by atoms with Gasteiger partial charge in [0.1, 0.15) is 6.54 Å². The Hall–Kier alpha value is -2.57. The molecule has 2 aromatic rings. The number of nitrogens with zero attached hydrogens (tertiary/aromatic N) is 2. The maximum absolute atomic E-state index is 13.5. The Labute approximate surface area is 121 Å². The van der Waals surface area contributed by atoms with Gasteiger partial charge in [0, 0.05) is 19.8 Å². The van der Waals surface area contributed by atoms with Gasteiger partial charge < -0.3 is 15.4 Å². The summed E-state index contributed by atoms with van der Waals surface area (Å²) in [4.78, 5) is 11.2. The van der Waals surface area contributed by atoms with Crippen LogP contribution in [-0.2, 0) is 17.9 Å². The third-order valence-corrected chi connectivity index (χ3v) is 2.93. The van der Waals surface area contributed by atoms with Crippen LogP contribution >= 0.6 is 0 Å². The Morgan fingerprint density at radius 3 is 2.95 bits per heavy atom. The highest BCUT2D eigenvalue weighted by Gasteiger charge is 2.05. The molecule has 7 heteroatoms. The van der Waals surface area contributed by atoms with E-state index in [-0.39, 0.29) is 18.2 Å². The zero-order valence-electron chi connectivity index (χ0n) is 11.9. The number of methoxy groups -OCH3 is 1. The number of hydrogen-bond donors (Lipinski definition) is 2. The second-order valence-electron chi connectivity index (χ2n) is 4.42. The maximum atomic E-state index is 13.5. The molecule has 0 unspecified atom stereocenters. The largest absolute Gasteiger partial charge is 0.494 e. The number of likely N-dealkylation sites (N-methyl/N-ethyl adjacent to an activating group) is 1. The van der Waals surface area contributed by atoms with E-state index in [2.05, 4.69) is 15.7 Å². The third-order valence-electron chi connectivity index (χ3n) is 2.93. The number of amides is 1. The quantitative estimate of drug-likeness (QED) is 0.844. The summed E-state index contributed by atoms with van der Waals surface area (Å²) in [5, 5.41) is 9.70. The first-order chi connectivity index (χ1) is 10.1. The van der Waals surface area contributed by atoms with Crippen molar-refractivity contribution >= 4 is 11.6 Å². The predicted octanol–water partition coefficient (Wildman–Crippen LogP) is 1.39. The van der Waals surface area contributed by atoms with Crippen LogP contribution in [0.4, 0.5) is 10.1 Å². The first-order valence-electron chi connectivity index (χ1n) is 6.41. The van der Waals surface area contributed by atoms with Crippen molar-refractivity contribution in [1.82, 2.24) is 15.1 Å². The zero-order chi connectivity index (χ0) is 15.2. The number of aromatic nitrogens is 2. The van der Waals surface area contributed by atoms with Crippen LogP contribution in [0.25, 0.3) is 0 Å². The van der Waals surface area contributed by atoms with Gasteiger partial charge in [-0.25, -0.2) is 4.39 Å². The van der Waals surface area contributed by atoms with Gasteiger partial charge in [-0.15, -0.1) is 0 Å². The number of halogens is 1. The van der Waals surface area contributed by atoms with E-state index in [0.717, 1.165) is 11.3 Å². The van der Waals surface area contributed by atoms with Crippen molar-refractivity contribution in [2.24, 2.45) is 0 Å². The van der Waals surface area contributed by atoms with Gasteiger partial charge >= 0.3 is 0 Å². The molecule has 21 heavy (non-hydrogen) atoms. The van der Waals surface area contributed by atoms with Crippen molar-refractivity contribution in [3.63, 3.8) is 0 Å². The molecule has 0 spiro atoms. The van der Waals surface area contributed by atoms with Crippen LogP contribution in [0.15, 0.2) is 30.6 Å². The summed E-state index contributed by atoms with van der Waals surface area (Å²) in [6.07, 6.45) is 3.33. The minimum absolute atomic E-state index is 0.123. The fraction of sp³-hybridized carbons (Fsp3) is 0.286. The molecular weight excluding hydrogens is 275 g/mol. The van der Waals surface area contributed by atoms with Crippen LogP contribution in [-0.4, -0.2) is 29.8 Å². The van der Waals surface area contributed by atoms with Gasteiger partial charge in [-0.05, 0) is 17.7 Å². The lowest BCUT2D eigenvalue weighted by Crippen LogP contribution is -2.23. The first kappa shape index (κ1) is 14.8. The number of rotatable bonds is 6. The lowest BCUT2D eigenvalue weighted by Gasteiger charge is -2.06. The summed E-state index contributed by atoms with van der Waals surface area (Å²) in [6, 6.07) is 4.78. The van der Waals surface area contributed by atoms with Gasteiger partial charge in [0.25, 0.3) is 0 Å². The fourth-order valence-electron chi connectivity index (χ4n) is 1.79. The number of carbonyl (C=O) groups excluding carboxylic acids is 1. The van der Waals surface area contributed by atoms with E-state index in [1.807, 2.05) is 0 Å². The highest BCUT2D eigenvalue weighted by molar-refractivity contribution is 5.75. The van der Waals surface area contributed by atoms with E-state index >= 15 is 0 Å². The molecule has 1 amide bonds. The molecule has 2 N–H and O–H groups in total. The average Bonchev–Trinajstić information content (AvgIpc) is 2.92. The first-order valence-corrected chi connectivity index (χ1v) is 6.41. The van der Waals surface area contributed by atoms with Gasteiger partial charge in [-0.2, -0.15) is 5.10 Å². The second kappa shape index (κ2) is 6.74. The molecule has 0 aliphatic carbocycles. The monoisotopic (exact) mass is 292 g/mol. The average molecular weight is 292 g/mol. The zero-order valence-corrected chi connectivity index (χ0v) is 11.9. The molecule has 2 rings (SSSR count). The number of benzene rings is 1. The number of anilines is 1.